The molecule has 1 aromatic heterocycles. The van der Waals surface area contributed by atoms with E-state index in [1.165, 1.54) is 16.9 Å². The molecular formula is C14H14ClNOS. The number of nitrogens with one attached hydrogen (secondary N) is 1. The van der Waals surface area contributed by atoms with Crippen molar-refractivity contribution >= 4 is 34.5 Å². The van der Waals surface area contributed by atoms with Crippen molar-refractivity contribution in [3.63, 3.8) is 0 Å². The minimum atomic E-state index is -0.0572. The fourth-order valence-corrected chi connectivity index (χ4v) is 2.59. The lowest BCUT2D eigenvalue weighted by molar-refractivity contribution is 0.103. The lowest BCUT2D eigenvalue weighted by Crippen LogP contribution is -2.09. The van der Waals surface area contributed by atoms with E-state index in [0.717, 1.165) is 21.9 Å². The van der Waals surface area contributed by atoms with Gasteiger partial charge in [0.1, 0.15) is 0 Å². The number of amides is 1. The van der Waals surface area contributed by atoms with E-state index < -0.39 is 0 Å². The van der Waals surface area contributed by atoms with Crippen molar-refractivity contribution < 1.29 is 4.79 Å². The summed E-state index contributed by atoms with van der Waals surface area (Å²) in [4.78, 5) is 13.8. The molecule has 2 aromatic rings. The van der Waals surface area contributed by atoms with Crippen LogP contribution in [-0.4, -0.2) is 11.8 Å². The van der Waals surface area contributed by atoms with Gasteiger partial charge in [0.05, 0.1) is 4.88 Å². The molecule has 0 saturated heterocycles. The van der Waals surface area contributed by atoms with Gasteiger partial charge in [-0.25, -0.2) is 0 Å². The molecule has 2 rings (SSSR count). The number of thiophene rings is 1. The minimum absolute atomic E-state index is 0.0572. The summed E-state index contributed by atoms with van der Waals surface area (Å²) < 4.78 is 0. The van der Waals surface area contributed by atoms with Crippen molar-refractivity contribution in [1.29, 1.82) is 0 Å². The topological polar surface area (TPSA) is 29.1 Å². The predicted molar refractivity (Wildman–Crippen MR) is 77.9 cm³/mol. The summed E-state index contributed by atoms with van der Waals surface area (Å²) in [5, 5.41) is 2.88. The van der Waals surface area contributed by atoms with Crippen molar-refractivity contribution in [3.05, 3.63) is 51.7 Å². The first kappa shape index (κ1) is 13.1. The van der Waals surface area contributed by atoms with Crippen LogP contribution in [0, 0.1) is 6.92 Å². The molecule has 2 nitrogen and oxygen atoms in total. The summed E-state index contributed by atoms with van der Waals surface area (Å²) >= 11 is 7.17. The normalized spacial score (nSPS) is 10.3. The van der Waals surface area contributed by atoms with Crippen LogP contribution in [0.15, 0.2) is 36.4 Å². The van der Waals surface area contributed by atoms with Crippen LogP contribution in [0.3, 0.4) is 0 Å². The second-order valence-corrected chi connectivity index (χ2v) is 5.67. The third-order valence-electron chi connectivity index (χ3n) is 2.56. The summed E-state index contributed by atoms with van der Waals surface area (Å²) in [5.41, 5.74) is 1.99. The molecule has 18 heavy (non-hydrogen) atoms. The second-order valence-electron chi connectivity index (χ2n) is 4.00. The van der Waals surface area contributed by atoms with Crippen molar-refractivity contribution in [1.82, 2.24) is 0 Å². The average Bonchev–Trinajstić information content (AvgIpc) is 2.79. The van der Waals surface area contributed by atoms with Gasteiger partial charge >= 0.3 is 0 Å². The Morgan fingerprint density at radius 2 is 1.94 bits per heavy atom. The number of hydrogen-bond acceptors (Lipinski definition) is 2. The number of hydrogen-bond donors (Lipinski definition) is 1. The average molecular weight is 280 g/mol. The summed E-state index contributed by atoms with van der Waals surface area (Å²) in [6.07, 6.45) is 0.847. The Balaban J connectivity index is 2.03. The zero-order valence-corrected chi connectivity index (χ0v) is 11.6. The quantitative estimate of drug-likeness (QED) is 0.839. The molecule has 0 aliphatic rings. The standard InChI is InChI=1S/C14H14ClNOS/c1-10-2-7-13(18-10)14(17)16-12-5-3-11(4-6-12)8-9-15/h2-7H,8-9H2,1H3,(H,16,17). The largest absolute Gasteiger partial charge is 0.321 e. The third kappa shape index (κ3) is 3.34. The van der Waals surface area contributed by atoms with E-state index in [1.54, 1.807) is 0 Å². The maximum Gasteiger partial charge on any atom is 0.265 e. The first-order valence-corrected chi connectivity index (χ1v) is 7.07. The van der Waals surface area contributed by atoms with Gasteiger partial charge in [-0.2, -0.15) is 0 Å². The highest BCUT2D eigenvalue weighted by Crippen LogP contribution is 2.17. The summed E-state index contributed by atoms with van der Waals surface area (Å²) in [7, 11) is 0. The van der Waals surface area contributed by atoms with Crippen LogP contribution in [0.1, 0.15) is 20.1 Å². The van der Waals surface area contributed by atoms with E-state index >= 15 is 0 Å². The maximum atomic E-state index is 11.9. The van der Waals surface area contributed by atoms with Gasteiger partial charge in [0.25, 0.3) is 5.91 Å². The minimum Gasteiger partial charge on any atom is -0.321 e. The van der Waals surface area contributed by atoms with Crippen molar-refractivity contribution in [2.24, 2.45) is 0 Å². The number of rotatable bonds is 4. The number of carbonyl (C=O) groups is 1. The Bertz CT molecular complexity index is 533. The first-order chi connectivity index (χ1) is 8.69. The van der Waals surface area contributed by atoms with Gasteiger partial charge in [0.2, 0.25) is 0 Å². The summed E-state index contributed by atoms with van der Waals surface area (Å²) in [5.74, 6) is 0.554. The highest BCUT2D eigenvalue weighted by atomic mass is 35.5. The summed E-state index contributed by atoms with van der Waals surface area (Å²) in [6.45, 7) is 1.99. The fourth-order valence-electron chi connectivity index (χ4n) is 1.61. The monoisotopic (exact) mass is 279 g/mol. The molecule has 0 unspecified atom stereocenters. The molecule has 4 heteroatoms. The molecule has 0 radical (unpaired) electrons. The van der Waals surface area contributed by atoms with Crippen LogP contribution in [-0.2, 0) is 6.42 Å². The van der Waals surface area contributed by atoms with Crippen molar-refractivity contribution in [2.75, 3.05) is 11.2 Å². The van der Waals surface area contributed by atoms with E-state index in [-0.39, 0.29) is 5.91 Å². The number of aryl methyl sites for hydroxylation is 2. The number of alkyl halides is 1. The molecular weight excluding hydrogens is 266 g/mol. The van der Waals surface area contributed by atoms with Gasteiger partial charge in [0, 0.05) is 16.4 Å². The zero-order valence-electron chi connectivity index (χ0n) is 10.1. The first-order valence-electron chi connectivity index (χ1n) is 5.72. The van der Waals surface area contributed by atoms with E-state index in [4.69, 9.17) is 11.6 Å². The van der Waals surface area contributed by atoms with Gasteiger partial charge in [-0.05, 0) is 43.2 Å². The second kappa shape index (κ2) is 6.03. The van der Waals surface area contributed by atoms with Gasteiger partial charge in [0.15, 0.2) is 0 Å². The van der Waals surface area contributed by atoms with Crippen LogP contribution in [0.25, 0.3) is 0 Å². The van der Waals surface area contributed by atoms with Crippen LogP contribution in [0.2, 0.25) is 0 Å². The van der Waals surface area contributed by atoms with Crippen LogP contribution in [0.5, 0.6) is 0 Å². The van der Waals surface area contributed by atoms with Gasteiger partial charge in [-0.1, -0.05) is 12.1 Å². The van der Waals surface area contributed by atoms with Gasteiger partial charge in [-0.15, -0.1) is 22.9 Å². The SMILES string of the molecule is Cc1ccc(C(=O)Nc2ccc(CCCl)cc2)s1. The molecule has 0 saturated carbocycles. The molecule has 94 valence electrons. The van der Waals surface area contributed by atoms with Crippen LogP contribution in [0.4, 0.5) is 5.69 Å². The smallest absolute Gasteiger partial charge is 0.265 e. The Morgan fingerprint density at radius 1 is 1.22 bits per heavy atom. The molecule has 1 amide bonds. The van der Waals surface area contributed by atoms with Crippen LogP contribution < -0.4 is 5.32 Å². The predicted octanol–water partition coefficient (Wildman–Crippen LogP) is 4.09. The lowest BCUT2D eigenvalue weighted by atomic mass is 10.1. The maximum absolute atomic E-state index is 11.9. The van der Waals surface area contributed by atoms with E-state index in [2.05, 4.69) is 5.32 Å². The molecule has 0 aliphatic heterocycles. The molecule has 1 aromatic carbocycles. The Labute approximate surface area is 116 Å². The van der Waals surface area contributed by atoms with E-state index in [9.17, 15) is 4.79 Å². The van der Waals surface area contributed by atoms with E-state index in [1.807, 2.05) is 43.3 Å². The molecule has 0 spiro atoms. The summed E-state index contributed by atoms with van der Waals surface area (Å²) in [6, 6.07) is 11.6. The molecule has 0 atom stereocenters. The number of carbonyl (C=O) groups excluding carboxylic acids is 1. The molecule has 1 N–H and O–H groups in total. The zero-order chi connectivity index (χ0) is 13.0. The number of anilines is 1. The van der Waals surface area contributed by atoms with E-state index in [0.29, 0.717) is 5.88 Å². The number of benzene rings is 1. The van der Waals surface area contributed by atoms with Crippen molar-refractivity contribution in [2.45, 2.75) is 13.3 Å². The lowest BCUT2D eigenvalue weighted by Gasteiger charge is -2.04. The molecule has 0 fully saturated rings. The van der Waals surface area contributed by atoms with Gasteiger partial charge in [-0.3, -0.25) is 4.79 Å². The third-order valence-corrected chi connectivity index (χ3v) is 3.75. The number of halogens is 1. The molecule has 1 heterocycles. The Kier molecular flexibility index (Phi) is 4.39. The highest BCUT2D eigenvalue weighted by Gasteiger charge is 2.07. The van der Waals surface area contributed by atoms with Crippen molar-refractivity contribution in [3.8, 4) is 0 Å². The van der Waals surface area contributed by atoms with Gasteiger partial charge < -0.3 is 5.32 Å². The molecule has 0 bridgehead atoms. The highest BCUT2D eigenvalue weighted by molar-refractivity contribution is 7.14. The van der Waals surface area contributed by atoms with Crippen LogP contribution >= 0.6 is 22.9 Å². The Morgan fingerprint density at radius 3 is 2.50 bits per heavy atom. The Hall–Kier alpha value is -1.32. The molecule has 0 aliphatic carbocycles. The fraction of sp³-hybridized carbons (Fsp3) is 0.214.